The van der Waals surface area contributed by atoms with E-state index in [4.69, 9.17) is 0 Å². The SMILES string of the molecule is FC(F)c1c[c]cnc1. The van der Waals surface area contributed by atoms with E-state index in [0.717, 1.165) is 6.20 Å². The highest BCUT2D eigenvalue weighted by molar-refractivity contribution is 5.08. The summed E-state index contributed by atoms with van der Waals surface area (Å²) >= 11 is 0. The topological polar surface area (TPSA) is 12.9 Å². The molecule has 1 aromatic heterocycles. The lowest BCUT2D eigenvalue weighted by atomic mass is 10.3. The van der Waals surface area contributed by atoms with Crippen LogP contribution >= 0.6 is 0 Å². The van der Waals surface area contributed by atoms with E-state index < -0.39 is 6.43 Å². The molecule has 0 spiro atoms. The molecular formula is C6H4F2N. The van der Waals surface area contributed by atoms with Crippen molar-refractivity contribution >= 4 is 0 Å². The molecule has 0 atom stereocenters. The Morgan fingerprint density at radius 2 is 2.33 bits per heavy atom. The fraction of sp³-hybridized carbons (Fsp3) is 0.167. The van der Waals surface area contributed by atoms with Gasteiger partial charge in [-0.05, 0) is 6.07 Å². The molecule has 0 aliphatic rings. The van der Waals surface area contributed by atoms with Crippen molar-refractivity contribution in [1.82, 2.24) is 4.98 Å². The quantitative estimate of drug-likeness (QED) is 0.562. The fourth-order valence-corrected chi connectivity index (χ4v) is 0.456. The average molecular weight is 128 g/mol. The van der Waals surface area contributed by atoms with E-state index in [-0.39, 0.29) is 5.56 Å². The first-order valence-corrected chi connectivity index (χ1v) is 2.40. The second-order valence-electron chi connectivity index (χ2n) is 1.52. The molecule has 0 saturated carbocycles. The minimum absolute atomic E-state index is 0.0856. The van der Waals surface area contributed by atoms with Crippen LogP contribution in [0.25, 0.3) is 0 Å². The maximum atomic E-state index is 11.7. The molecule has 1 heterocycles. The van der Waals surface area contributed by atoms with E-state index in [0.29, 0.717) is 0 Å². The van der Waals surface area contributed by atoms with E-state index in [1.807, 2.05) is 0 Å². The molecular weight excluding hydrogens is 124 g/mol. The van der Waals surface area contributed by atoms with Crippen LogP contribution in [0.5, 0.6) is 0 Å². The number of hydrogen-bond donors (Lipinski definition) is 0. The van der Waals surface area contributed by atoms with Crippen LogP contribution in [0.3, 0.4) is 0 Å². The van der Waals surface area contributed by atoms with Crippen LogP contribution in [-0.4, -0.2) is 4.98 Å². The Morgan fingerprint density at radius 3 is 2.67 bits per heavy atom. The molecule has 3 heteroatoms. The van der Waals surface area contributed by atoms with Gasteiger partial charge in [0.1, 0.15) is 0 Å². The van der Waals surface area contributed by atoms with Crippen molar-refractivity contribution in [2.24, 2.45) is 0 Å². The summed E-state index contributed by atoms with van der Waals surface area (Å²) in [5.74, 6) is 0. The van der Waals surface area contributed by atoms with Gasteiger partial charge in [-0.2, -0.15) is 0 Å². The van der Waals surface area contributed by atoms with Gasteiger partial charge in [0, 0.05) is 24.0 Å². The van der Waals surface area contributed by atoms with Gasteiger partial charge in [0.15, 0.2) is 0 Å². The van der Waals surface area contributed by atoms with Crippen LogP contribution in [-0.2, 0) is 0 Å². The zero-order valence-corrected chi connectivity index (χ0v) is 4.51. The Morgan fingerprint density at radius 1 is 1.56 bits per heavy atom. The predicted molar refractivity (Wildman–Crippen MR) is 28.0 cm³/mol. The van der Waals surface area contributed by atoms with Crippen LogP contribution in [0.15, 0.2) is 18.5 Å². The molecule has 1 aromatic rings. The number of nitrogens with zero attached hydrogens (tertiary/aromatic N) is 1. The zero-order valence-electron chi connectivity index (χ0n) is 4.51. The van der Waals surface area contributed by atoms with Crippen LogP contribution in [0.2, 0.25) is 0 Å². The van der Waals surface area contributed by atoms with Crippen molar-refractivity contribution in [3.05, 3.63) is 30.1 Å². The van der Waals surface area contributed by atoms with E-state index in [2.05, 4.69) is 11.1 Å². The molecule has 0 saturated heterocycles. The highest BCUT2D eigenvalue weighted by Crippen LogP contribution is 2.15. The molecule has 0 fully saturated rings. The van der Waals surface area contributed by atoms with Crippen molar-refractivity contribution < 1.29 is 8.78 Å². The lowest BCUT2D eigenvalue weighted by Crippen LogP contribution is -1.82. The molecule has 0 N–H and O–H groups in total. The van der Waals surface area contributed by atoms with Crippen LogP contribution in [0.4, 0.5) is 8.78 Å². The Kier molecular flexibility index (Phi) is 1.72. The summed E-state index contributed by atoms with van der Waals surface area (Å²) in [5.41, 5.74) is -0.0856. The molecule has 0 aromatic carbocycles. The van der Waals surface area contributed by atoms with Gasteiger partial charge in [0.25, 0.3) is 6.43 Å². The second kappa shape index (κ2) is 2.53. The van der Waals surface area contributed by atoms with Crippen molar-refractivity contribution in [2.45, 2.75) is 6.43 Å². The zero-order chi connectivity index (χ0) is 6.69. The molecule has 1 rings (SSSR count). The van der Waals surface area contributed by atoms with E-state index in [1.54, 1.807) is 0 Å². The average Bonchev–Trinajstić information content (AvgIpc) is 1.90. The van der Waals surface area contributed by atoms with Gasteiger partial charge in [-0.15, -0.1) is 0 Å². The van der Waals surface area contributed by atoms with Crippen molar-refractivity contribution in [1.29, 1.82) is 0 Å². The van der Waals surface area contributed by atoms with Gasteiger partial charge >= 0.3 is 0 Å². The molecule has 9 heavy (non-hydrogen) atoms. The molecule has 47 valence electrons. The molecule has 1 nitrogen and oxygen atoms in total. The third kappa shape index (κ3) is 1.45. The van der Waals surface area contributed by atoms with Crippen molar-refractivity contribution in [3.63, 3.8) is 0 Å². The van der Waals surface area contributed by atoms with Crippen LogP contribution in [0.1, 0.15) is 12.0 Å². The fourth-order valence-electron chi connectivity index (χ4n) is 0.456. The smallest absolute Gasteiger partial charge is 0.264 e. The van der Waals surface area contributed by atoms with Gasteiger partial charge in [-0.25, -0.2) is 8.78 Å². The first-order chi connectivity index (χ1) is 4.30. The van der Waals surface area contributed by atoms with Gasteiger partial charge < -0.3 is 0 Å². The third-order valence-corrected chi connectivity index (χ3v) is 0.875. The number of pyridine rings is 1. The van der Waals surface area contributed by atoms with Gasteiger partial charge in [0.2, 0.25) is 0 Å². The third-order valence-electron chi connectivity index (χ3n) is 0.875. The van der Waals surface area contributed by atoms with E-state index >= 15 is 0 Å². The highest BCUT2D eigenvalue weighted by Gasteiger charge is 2.03. The predicted octanol–water partition coefficient (Wildman–Crippen LogP) is 1.82. The molecule has 0 amide bonds. The molecule has 1 radical (unpaired) electrons. The first kappa shape index (κ1) is 6.13. The maximum absolute atomic E-state index is 11.7. The molecule has 0 aliphatic heterocycles. The number of halogens is 2. The summed E-state index contributed by atoms with van der Waals surface area (Å²) in [6, 6.07) is 3.67. The maximum Gasteiger partial charge on any atom is 0.265 e. The van der Waals surface area contributed by atoms with Crippen LogP contribution in [0, 0.1) is 6.07 Å². The molecule has 0 unspecified atom stereocenters. The summed E-state index contributed by atoms with van der Waals surface area (Å²) < 4.78 is 23.4. The van der Waals surface area contributed by atoms with Crippen molar-refractivity contribution in [3.8, 4) is 0 Å². The number of alkyl halides is 2. The lowest BCUT2D eigenvalue weighted by Gasteiger charge is -1.93. The van der Waals surface area contributed by atoms with E-state index in [1.165, 1.54) is 12.3 Å². The number of hydrogen-bond acceptors (Lipinski definition) is 1. The summed E-state index contributed by atoms with van der Waals surface area (Å²) in [6.45, 7) is 0. The largest absolute Gasteiger partial charge is 0.265 e. The number of rotatable bonds is 1. The van der Waals surface area contributed by atoms with Crippen LogP contribution < -0.4 is 0 Å². The van der Waals surface area contributed by atoms with Gasteiger partial charge in [-0.1, -0.05) is 0 Å². The summed E-state index contributed by atoms with van der Waals surface area (Å²) in [4.78, 5) is 3.47. The van der Waals surface area contributed by atoms with Crippen molar-refractivity contribution in [2.75, 3.05) is 0 Å². The monoisotopic (exact) mass is 128 g/mol. The summed E-state index contributed by atoms with van der Waals surface area (Å²) in [5, 5.41) is 0. The highest BCUT2D eigenvalue weighted by atomic mass is 19.3. The van der Waals surface area contributed by atoms with Gasteiger partial charge in [-0.3, -0.25) is 4.98 Å². The molecule has 0 bridgehead atoms. The normalized spacial score (nSPS) is 10.1. The second-order valence-corrected chi connectivity index (χ2v) is 1.52. The minimum Gasteiger partial charge on any atom is -0.264 e. The Labute approximate surface area is 51.3 Å². The Balaban J connectivity index is 2.85. The summed E-state index contributed by atoms with van der Waals surface area (Å²) in [6.07, 6.45) is 0.0301. The number of aromatic nitrogens is 1. The standard InChI is InChI=1S/C6H4F2N/c7-6(8)5-2-1-3-9-4-5/h2-4,6H. The first-order valence-electron chi connectivity index (χ1n) is 2.40. The summed E-state index contributed by atoms with van der Waals surface area (Å²) in [7, 11) is 0. The lowest BCUT2D eigenvalue weighted by molar-refractivity contribution is 0.151. The minimum atomic E-state index is -2.44. The van der Waals surface area contributed by atoms with Gasteiger partial charge in [0.05, 0.1) is 0 Å². The van der Waals surface area contributed by atoms with E-state index in [9.17, 15) is 8.78 Å². The molecule has 0 aliphatic carbocycles. The Hall–Kier alpha value is -0.990. The Bertz CT molecular complexity index is 174.